The number of esters is 1. The van der Waals surface area contributed by atoms with Crippen molar-refractivity contribution in [3.63, 3.8) is 0 Å². The lowest BCUT2D eigenvalue weighted by Crippen LogP contribution is -2.43. The zero-order valence-corrected chi connectivity index (χ0v) is 13.1. The van der Waals surface area contributed by atoms with E-state index >= 15 is 0 Å². The second-order valence-electron chi connectivity index (χ2n) is 3.97. The van der Waals surface area contributed by atoms with Crippen molar-refractivity contribution < 1.29 is 28.7 Å². The lowest BCUT2D eigenvalue weighted by atomic mass is 10.4. The third kappa shape index (κ3) is 8.55. The first-order valence-electron chi connectivity index (χ1n) is 6.53. The molecule has 0 fully saturated rings. The molecule has 23 heavy (non-hydrogen) atoms. The molecule has 0 aromatic carbocycles. The fraction of sp³-hybridized carbons (Fsp3) is 0.636. The molecule has 0 bridgehead atoms. The van der Waals surface area contributed by atoms with Gasteiger partial charge in [-0.25, -0.2) is 15.1 Å². The minimum atomic E-state index is -1.08. The first kappa shape index (κ1) is 20.6. The molecule has 0 radical (unpaired) electrons. The van der Waals surface area contributed by atoms with Crippen molar-refractivity contribution in [3.05, 3.63) is 0 Å². The van der Waals surface area contributed by atoms with E-state index in [-0.39, 0.29) is 12.6 Å². The van der Waals surface area contributed by atoms with Gasteiger partial charge in [0.1, 0.15) is 0 Å². The average Bonchev–Trinajstić information content (AvgIpc) is 2.53. The molecule has 12 nitrogen and oxygen atoms in total. The van der Waals surface area contributed by atoms with Gasteiger partial charge in [-0.2, -0.15) is 0 Å². The molecule has 6 N–H and O–H groups in total. The molecule has 0 aliphatic carbocycles. The Kier molecular flexibility index (Phi) is 9.99. The van der Waals surface area contributed by atoms with Crippen molar-refractivity contribution in [2.24, 2.45) is 16.6 Å². The van der Waals surface area contributed by atoms with E-state index in [0.29, 0.717) is 18.1 Å². The van der Waals surface area contributed by atoms with Gasteiger partial charge in [0.05, 0.1) is 13.7 Å². The standard InChI is InChI=1S/C11H22N6O6/c1-4-21-6-8(5-18)22-16-11(14)15-17(10(12)13)23-7(2)9(19)20-3/h5,7-8H,4,6H2,1-3H3,(H3,12,13)(H3,14,15,16). The van der Waals surface area contributed by atoms with Crippen LogP contribution in [0.4, 0.5) is 0 Å². The minimum Gasteiger partial charge on any atom is -0.467 e. The number of hydrazone groups is 1. The van der Waals surface area contributed by atoms with Gasteiger partial charge in [-0.15, -0.1) is 5.10 Å². The fourth-order valence-corrected chi connectivity index (χ4v) is 1.08. The van der Waals surface area contributed by atoms with E-state index in [0.717, 1.165) is 0 Å². The third-order valence-electron chi connectivity index (χ3n) is 2.15. The van der Waals surface area contributed by atoms with E-state index in [9.17, 15) is 9.59 Å². The number of nitrogens with one attached hydrogen (secondary N) is 2. The molecular formula is C11H22N6O6. The molecule has 0 aliphatic rings. The van der Waals surface area contributed by atoms with Crippen molar-refractivity contribution in [2.75, 3.05) is 20.3 Å². The number of carbonyl (C=O) groups excluding carboxylic acids is 2. The predicted molar refractivity (Wildman–Crippen MR) is 78.5 cm³/mol. The molecule has 0 saturated carbocycles. The van der Waals surface area contributed by atoms with Crippen LogP contribution in [0.25, 0.3) is 0 Å². The third-order valence-corrected chi connectivity index (χ3v) is 2.15. The summed E-state index contributed by atoms with van der Waals surface area (Å²) in [5, 5.41) is 11.4. The molecular weight excluding hydrogens is 312 g/mol. The van der Waals surface area contributed by atoms with Gasteiger partial charge in [-0.05, 0) is 13.8 Å². The van der Waals surface area contributed by atoms with E-state index in [1.54, 1.807) is 6.92 Å². The highest BCUT2D eigenvalue weighted by atomic mass is 16.7. The van der Waals surface area contributed by atoms with Crippen LogP contribution in [0.1, 0.15) is 13.8 Å². The van der Waals surface area contributed by atoms with Gasteiger partial charge in [-0.1, -0.05) is 5.17 Å². The second kappa shape index (κ2) is 11.2. The highest BCUT2D eigenvalue weighted by molar-refractivity contribution is 5.80. The van der Waals surface area contributed by atoms with Crippen molar-refractivity contribution in [1.82, 2.24) is 10.7 Å². The van der Waals surface area contributed by atoms with E-state index in [2.05, 4.69) is 15.3 Å². The number of guanidine groups is 2. The van der Waals surface area contributed by atoms with Crippen LogP contribution in [0.15, 0.2) is 5.10 Å². The minimum absolute atomic E-state index is 0.0204. The zero-order chi connectivity index (χ0) is 17.8. The second-order valence-corrected chi connectivity index (χ2v) is 3.97. The van der Waals surface area contributed by atoms with Crippen LogP contribution >= 0.6 is 0 Å². The number of aldehydes is 1. The molecule has 0 heterocycles. The SMILES string of the molecule is CCOCC(C=O)ONC(N)=NN(OC(C)C(=O)OC)C(=N)N. The van der Waals surface area contributed by atoms with Crippen molar-refractivity contribution in [3.8, 4) is 0 Å². The molecule has 12 heteroatoms. The largest absolute Gasteiger partial charge is 0.467 e. The monoisotopic (exact) mass is 334 g/mol. The van der Waals surface area contributed by atoms with Crippen molar-refractivity contribution >= 4 is 24.2 Å². The molecule has 2 atom stereocenters. The molecule has 0 rings (SSSR count). The van der Waals surface area contributed by atoms with E-state index in [1.165, 1.54) is 14.0 Å². The van der Waals surface area contributed by atoms with Crippen LogP contribution in [0.2, 0.25) is 0 Å². The van der Waals surface area contributed by atoms with Gasteiger partial charge in [0.25, 0.3) is 0 Å². The maximum absolute atomic E-state index is 11.3. The molecule has 0 aromatic heterocycles. The quantitative estimate of drug-likeness (QED) is 0.115. The van der Waals surface area contributed by atoms with Gasteiger partial charge in [0.15, 0.2) is 18.5 Å². The molecule has 0 aromatic rings. The van der Waals surface area contributed by atoms with E-state index < -0.39 is 24.1 Å². The number of ether oxygens (including phenoxy) is 2. The zero-order valence-electron chi connectivity index (χ0n) is 13.1. The number of rotatable bonds is 10. The topological polar surface area (TPSA) is 175 Å². The Morgan fingerprint density at radius 3 is 2.61 bits per heavy atom. The number of methoxy groups -OCH3 is 1. The Morgan fingerprint density at radius 1 is 1.48 bits per heavy atom. The average molecular weight is 334 g/mol. The summed E-state index contributed by atoms with van der Waals surface area (Å²) in [7, 11) is 1.17. The first-order valence-corrected chi connectivity index (χ1v) is 6.53. The molecule has 0 spiro atoms. The van der Waals surface area contributed by atoms with Crippen LogP contribution in [0, 0.1) is 5.41 Å². The van der Waals surface area contributed by atoms with Crippen molar-refractivity contribution in [1.29, 1.82) is 5.41 Å². The first-order chi connectivity index (χ1) is 10.8. The van der Waals surface area contributed by atoms with Crippen LogP contribution in [-0.2, 0) is 28.7 Å². The summed E-state index contributed by atoms with van der Waals surface area (Å²) in [6.07, 6.45) is -1.49. The van der Waals surface area contributed by atoms with Crippen LogP contribution < -0.4 is 16.9 Å². The molecule has 0 amide bonds. The van der Waals surface area contributed by atoms with Crippen LogP contribution in [-0.4, -0.2) is 61.9 Å². The summed E-state index contributed by atoms with van der Waals surface area (Å²) in [6.45, 7) is 3.55. The van der Waals surface area contributed by atoms with E-state index in [4.69, 9.17) is 31.3 Å². The van der Waals surface area contributed by atoms with Gasteiger partial charge < -0.3 is 25.7 Å². The summed E-state index contributed by atoms with van der Waals surface area (Å²) >= 11 is 0. The highest BCUT2D eigenvalue weighted by Crippen LogP contribution is 2.00. The number of hydrogen-bond acceptors (Lipinski definition) is 8. The Bertz CT molecular complexity index is 431. The van der Waals surface area contributed by atoms with E-state index in [1.807, 2.05) is 0 Å². The molecule has 132 valence electrons. The lowest BCUT2D eigenvalue weighted by Gasteiger charge is -2.20. The van der Waals surface area contributed by atoms with Gasteiger partial charge in [-0.3, -0.25) is 10.2 Å². The Hall–Kier alpha value is -2.44. The lowest BCUT2D eigenvalue weighted by molar-refractivity contribution is -0.182. The number of hydrogen-bond donors (Lipinski definition) is 4. The molecule has 0 aliphatic heterocycles. The van der Waals surface area contributed by atoms with Crippen molar-refractivity contribution in [2.45, 2.75) is 26.1 Å². The number of nitrogens with zero attached hydrogens (tertiary/aromatic N) is 2. The summed E-state index contributed by atoms with van der Waals surface area (Å²) in [5.41, 5.74) is 12.9. The Labute approximate surface area is 133 Å². The van der Waals surface area contributed by atoms with Gasteiger partial charge >= 0.3 is 5.97 Å². The molecule has 0 saturated heterocycles. The number of carbonyl (C=O) groups is 2. The van der Waals surface area contributed by atoms with Gasteiger partial charge in [0.2, 0.25) is 11.9 Å². The van der Waals surface area contributed by atoms with Gasteiger partial charge in [0, 0.05) is 6.61 Å². The number of nitrogens with two attached hydrogens (primary N) is 2. The Morgan fingerprint density at radius 2 is 2.13 bits per heavy atom. The highest BCUT2D eigenvalue weighted by Gasteiger charge is 2.20. The maximum Gasteiger partial charge on any atom is 0.337 e. The van der Waals surface area contributed by atoms with Crippen LogP contribution in [0.3, 0.4) is 0 Å². The Balaban J connectivity index is 4.64. The summed E-state index contributed by atoms with van der Waals surface area (Å²) in [5.74, 6) is -1.72. The maximum atomic E-state index is 11.3. The molecule has 2 unspecified atom stereocenters. The summed E-state index contributed by atoms with van der Waals surface area (Å²) < 4.78 is 9.47. The smallest absolute Gasteiger partial charge is 0.337 e. The summed E-state index contributed by atoms with van der Waals surface area (Å²) in [4.78, 5) is 31.9. The normalized spacial score (nSPS) is 13.8. The predicted octanol–water partition coefficient (Wildman–Crippen LogP) is -1.97. The number of hydroxylamine groups is 2. The van der Waals surface area contributed by atoms with Crippen LogP contribution in [0.5, 0.6) is 0 Å². The fourth-order valence-electron chi connectivity index (χ4n) is 1.08. The summed E-state index contributed by atoms with van der Waals surface area (Å²) in [6, 6.07) is 0.